The summed E-state index contributed by atoms with van der Waals surface area (Å²) in [6.45, 7) is 0. The van der Waals surface area contributed by atoms with Crippen LogP contribution in [-0.4, -0.2) is 4.98 Å². The average molecular weight is 303 g/mol. The Kier molecular flexibility index (Phi) is 5.57. The van der Waals surface area contributed by atoms with E-state index in [1.54, 1.807) is 6.07 Å². The van der Waals surface area contributed by atoms with E-state index in [1.807, 2.05) is 0 Å². The number of hydrogen-bond donors (Lipinski definition) is 0. The van der Waals surface area contributed by atoms with Gasteiger partial charge in [0.1, 0.15) is 0 Å². The second-order valence-corrected chi connectivity index (χ2v) is 2.58. The van der Waals surface area contributed by atoms with Crippen molar-refractivity contribution in [3.63, 3.8) is 0 Å². The fraction of sp³-hybridized carbons (Fsp3) is 0.286. The standard InChI is InChI=1S/C7H6BrF2N.BrH/c8-3-6-2-1-5(4-11-6)7(9)10;/h1-2,4,7H,3H2;1H. The highest BCUT2D eigenvalue weighted by atomic mass is 79.9. The molecule has 12 heavy (non-hydrogen) atoms. The highest BCUT2D eigenvalue weighted by Crippen LogP contribution is 2.17. The van der Waals surface area contributed by atoms with Crippen LogP contribution in [0.25, 0.3) is 0 Å². The Labute approximate surface area is 88.1 Å². The molecule has 68 valence electrons. The molecule has 0 saturated heterocycles. The lowest BCUT2D eigenvalue weighted by molar-refractivity contribution is 0.151. The van der Waals surface area contributed by atoms with Crippen LogP contribution in [0.4, 0.5) is 8.78 Å². The monoisotopic (exact) mass is 301 g/mol. The molecule has 0 fully saturated rings. The minimum atomic E-state index is -2.42. The van der Waals surface area contributed by atoms with Crippen LogP contribution in [0.1, 0.15) is 17.7 Å². The second kappa shape index (κ2) is 5.59. The van der Waals surface area contributed by atoms with Crippen LogP contribution in [0.5, 0.6) is 0 Å². The fourth-order valence-electron chi connectivity index (χ4n) is 0.644. The van der Waals surface area contributed by atoms with E-state index in [9.17, 15) is 8.78 Å². The van der Waals surface area contributed by atoms with Crippen molar-refractivity contribution in [1.29, 1.82) is 0 Å². The summed E-state index contributed by atoms with van der Waals surface area (Å²) in [5, 5.41) is 0.594. The molecule has 0 aliphatic carbocycles. The Morgan fingerprint density at radius 3 is 2.42 bits per heavy atom. The first-order valence-electron chi connectivity index (χ1n) is 3.03. The maximum absolute atomic E-state index is 12.0. The van der Waals surface area contributed by atoms with E-state index in [4.69, 9.17) is 0 Å². The van der Waals surface area contributed by atoms with Crippen molar-refractivity contribution < 1.29 is 8.78 Å². The van der Waals surface area contributed by atoms with Gasteiger partial charge in [-0.15, -0.1) is 17.0 Å². The maximum Gasteiger partial charge on any atom is 0.265 e. The summed E-state index contributed by atoms with van der Waals surface area (Å²) in [6, 6.07) is 2.96. The van der Waals surface area contributed by atoms with Crippen LogP contribution in [-0.2, 0) is 5.33 Å². The summed E-state index contributed by atoms with van der Waals surface area (Å²) < 4.78 is 23.9. The smallest absolute Gasteiger partial charge is 0.260 e. The largest absolute Gasteiger partial charge is 0.265 e. The third kappa shape index (κ3) is 3.15. The molecule has 0 radical (unpaired) electrons. The van der Waals surface area contributed by atoms with Crippen molar-refractivity contribution in [3.8, 4) is 0 Å². The lowest BCUT2D eigenvalue weighted by atomic mass is 10.3. The molecule has 0 aromatic carbocycles. The van der Waals surface area contributed by atoms with Gasteiger partial charge in [0.25, 0.3) is 6.43 Å². The molecule has 0 spiro atoms. The number of nitrogens with zero attached hydrogens (tertiary/aromatic N) is 1. The van der Waals surface area contributed by atoms with Crippen molar-refractivity contribution in [2.75, 3.05) is 0 Å². The molecule has 0 saturated carbocycles. The Hall–Kier alpha value is -0.0300. The van der Waals surface area contributed by atoms with Gasteiger partial charge in [-0.05, 0) is 12.1 Å². The summed E-state index contributed by atoms with van der Waals surface area (Å²) in [5.41, 5.74) is 0.726. The van der Waals surface area contributed by atoms with Gasteiger partial charge in [-0.2, -0.15) is 0 Å². The summed E-state index contributed by atoms with van der Waals surface area (Å²) >= 11 is 3.17. The molecule has 0 N–H and O–H groups in total. The van der Waals surface area contributed by atoms with Crippen LogP contribution >= 0.6 is 32.9 Å². The minimum absolute atomic E-state index is 0. The SMILES string of the molecule is Br.FC(F)c1ccc(CBr)nc1. The molecule has 0 aliphatic heterocycles. The summed E-state index contributed by atoms with van der Waals surface area (Å²) in [6.07, 6.45) is -1.23. The maximum atomic E-state index is 12.0. The van der Waals surface area contributed by atoms with Crippen LogP contribution < -0.4 is 0 Å². The molecule has 0 aliphatic rings. The summed E-state index contributed by atoms with van der Waals surface area (Å²) in [4.78, 5) is 3.79. The van der Waals surface area contributed by atoms with Gasteiger partial charge in [-0.3, -0.25) is 4.98 Å². The minimum Gasteiger partial charge on any atom is -0.260 e. The third-order valence-corrected chi connectivity index (χ3v) is 1.81. The Balaban J connectivity index is 0.00000121. The van der Waals surface area contributed by atoms with Gasteiger partial charge in [0.15, 0.2) is 0 Å². The lowest BCUT2D eigenvalue weighted by Gasteiger charge is -1.98. The molecule has 0 bridgehead atoms. The van der Waals surface area contributed by atoms with Crippen molar-refractivity contribution in [1.82, 2.24) is 4.98 Å². The van der Waals surface area contributed by atoms with Gasteiger partial charge in [0, 0.05) is 17.1 Å². The molecule has 0 amide bonds. The van der Waals surface area contributed by atoms with E-state index in [0.717, 1.165) is 5.69 Å². The highest BCUT2D eigenvalue weighted by molar-refractivity contribution is 9.08. The van der Waals surface area contributed by atoms with Crippen molar-refractivity contribution in [2.45, 2.75) is 11.8 Å². The topological polar surface area (TPSA) is 12.9 Å². The first-order chi connectivity index (χ1) is 5.24. The molecule has 0 atom stereocenters. The molecule has 0 unspecified atom stereocenters. The number of rotatable bonds is 2. The first-order valence-corrected chi connectivity index (χ1v) is 4.15. The summed E-state index contributed by atoms with van der Waals surface area (Å²) in [5.74, 6) is 0. The Morgan fingerprint density at radius 2 is 2.08 bits per heavy atom. The van der Waals surface area contributed by atoms with E-state index in [0.29, 0.717) is 5.33 Å². The van der Waals surface area contributed by atoms with E-state index in [-0.39, 0.29) is 22.5 Å². The highest BCUT2D eigenvalue weighted by Gasteiger charge is 2.05. The van der Waals surface area contributed by atoms with Crippen molar-refractivity contribution in [2.24, 2.45) is 0 Å². The number of alkyl halides is 3. The van der Waals surface area contributed by atoms with Crippen molar-refractivity contribution >= 4 is 32.9 Å². The quantitative estimate of drug-likeness (QED) is 0.762. The zero-order chi connectivity index (χ0) is 8.27. The normalized spacial score (nSPS) is 9.67. The van der Waals surface area contributed by atoms with Crippen molar-refractivity contribution in [3.05, 3.63) is 29.6 Å². The van der Waals surface area contributed by atoms with E-state index in [1.165, 1.54) is 12.3 Å². The second-order valence-electron chi connectivity index (χ2n) is 2.02. The van der Waals surface area contributed by atoms with Crippen LogP contribution in [0, 0.1) is 0 Å². The first kappa shape index (κ1) is 12.0. The molecular formula is C7H7Br2F2N. The van der Waals surface area contributed by atoms with Crippen LogP contribution in [0.3, 0.4) is 0 Å². The van der Waals surface area contributed by atoms with Gasteiger partial charge in [-0.25, -0.2) is 8.78 Å². The van der Waals surface area contributed by atoms with Gasteiger partial charge >= 0.3 is 0 Å². The summed E-state index contributed by atoms with van der Waals surface area (Å²) in [7, 11) is 0. The average Bonchev–Trinajstić information content (AvgIpc) is 2.05. The number of halogens is 4. The molecule has 1 nitrogen and oxygen atoms in total. The molecular weight excluding hydrogens is 296 g/mol. The van der Waals surface area contributed by atoms with Crippen LogP contribution in [0.15, 0.2) is 18.3 Å². The van der Waals surface area contributed by atoms with Gasteiger partial charge in [-0.1, -0.05) is 15.9 Å². The molecule has 1 heterocycles. The predicted molar refractivity (Wildman–Crippen MR) is 52.1 cm³/mol. The molecule has 1 aromatic heterocycles. The Morgan fingerprint density at radius 1 is 1.42 bits per heavy atom. The van der Waals surface area contributed by atoms with E-state index in [2.05, 4.69) is 20.9 Å². The van der Waals surface area contributed by atoms with Crippen LogP contribution in [0.2, 0.25) is 0 Å². The third-order valence-electron chi connectivity index (χ3n) is 1.24. The number of hydrogen-bond acceptors (Lipinski definition) is 1. The van der Waals surface area contributed by atoms with E-state index >= 15 is 0 Å². The fourth-order valence-corrected chi connectivity index (χ4v) is 0.976. The Bertz CT molecular complexity index is 225. The molecule has 1 aromatic rings. The van der Waals surface area contributed by atoms with E-state index < -0.39 is 6.43 Å². The number of pyridine rings is 1. The predicted octanol–water partition coefficient (Wildman–Crippen LogP) is 3.49. The zero-order valence-corrected chi connectivity index (χ0v) is 9.30. The van der Waals surface area contributed by atoms with Gasteiger partial charge in [0.2, 0.25) is 0 Å². The van der Waals surface area contributed by atoms with Gasteiger partial charge < -0.3 is 0 Å². The molecule has 5 heteroatoms. The molecule has 1 rings (SSSR count). The lowest BCUT2D eigenvalue weighted by Crippen LogP contribution is -1.88. The number of aromatic nitrogens is 1. The zero-order valence-electron chi connectivity index (χ0n) is 6.01. The van der Waals surface area contributed by atoms with Gasteiger partial charge in [0.05, 0.1) is 5.69 Å².